The second-order valence-electron chi connectivity index (χ2n) is 5.89. The van der Waals surface area contributed by atoms with Gasteiger partial charge in [-0.15, -0.1) is 0 Å². The molecule has 1 nitrogen and oxygen atoms in total. The highest BCUT2D eigenvalue weighted by Crippen LogP contribution is 2.40. The van der Waals surface area contributed by atoms with Gasteiger partial charge in [0.05, 0.1) is 0 Å². The van der Waals surface area contributed by atoms with Crippen LogP contribution in [0.4, 0.5) is 0 Å². The summed E-state index contributed by atoms with van der Waals surface area (Å²) in [6.07, 6.45) is 0. The van der Waals surface area contributed by atoms with E-state index in [2.05, 4.69) is 62.4 Å². The summed E-state index contributed by atoms with van der Waals surface area (Å²) in [7, 11) is 0. The Morgan fingerprint density at radius 3 is 1.91 bits per heavy atom. The predicted octanol–water partition coefficient (Wildman–Crippen LogP) is 5.65. The largest absolute Gasteiger partial charge is 0.507 e. The number of hydrogen-bond donors (Lipinski definition) is 1. The Morgan fingerprint density at radius 1 is 0.682 bits per heavy atom. The van der Waals surface area contributed by atoms with Crippen LogP contribution in [0, 0.1) is 20.8 Å². The first-order valence-electron chi connectivity index (χ1n) is 7.53. The lowest BCUT2D eigenvalue weighted by molar-refractivity contribution is 0.473. The van der Waals surface area contributed by atoms with Crippen LogP contribution in [0.15, 0.2) is 60.7 Å². The lowest BCUT2D eigenvalue weighted by atomic mass is 9.91. The molecule has 0 aliphatic heterocycles. The van der Waals surface area contributed by atoms with Crippen molar-refractivity contribution in [2.24, 2.45) is 0 Å². The molecule has 0 saturated carbocycles. The molecule has 0 heterocycles. The molecule has 3 aromatic rings. The van der Waals surface area contributed by atoms with Gasteiger partial charge in [0.15, 0.2) is 0 Å². The van der Waals surface area contributed by atoms with Crippen LogP contribution in [-0.2, 0) is 0 Å². The summed E-state index contributed by atoms with van der Waals surface area (Å²) in [4.78, 5) is 0. The molecule has 110 valence electrons. The third-order valence-corrected chi connectivity index (χ3v) is 4.02. The molecule has 0 saturated heterocycles. The van der Waals surface area contributed by atoms with Crippen LogP contribution in [-0.4, -0.2) is 5.11 Å². The Hall–Kier alpha value is -2.54. The van der Waals surface area contributed by atoms with Crippen molar-refractivity contribution in [1.82, 2.24) is 0 Å². The zero-order valence-corrected chi connectivity index (χ0v) is 13.2. The zero-order valence-electron chi connectivity index (χ0n) is 13.2. The summed E-state index contributed by atoms with van der Waals surface area (Å²) in [6, 6.07) is 20.8. The number of phenols is 1. The molecule has 0 radical (unpaired) electrons. The molecule has 0 atom stereocenters. The molecule has 0 fully saturated rings. The van der Waals surface area contributed by atoms with Gasteiger partial charge in [0.25, 0.3) is 0 Å². The molecule has 0 aliphatic rings. The fraction of sp³-hybridized carbons (Fsp3) is 0.143. The highest BCUT2D eigenvalue weighted by Gasteiger charge is 2.14. The van der Waals surface area contributed by atoms with E-state index in [1.54, 1.807) is 0 Å². The molecule has 22 heavy (non-hydrogen) atoms. The molecule has 3 aromatic carbocycles. The van der Waals surface area contributed by atoms with Gasteiger partial charge in [-0.25, -0.2) is 0 Å². The first-order valence-corrected chi connectivity index (χ1v) is 7.53. The number of aryl methyl sites for hydroxylation is 3. The van der Waals surface area contributed by atoms with Crippen molar-refractivity contribution < 1.29 is 5.11 Å². The van der Waals surface area contributed by atoms with Gasteiger partial charge in [-0.05, 0) is 43.0 Å². The van der Waals surface area contributed by atoms with Crippen LogP contribution in [0.25, 0.3) is 22.3 Å². The highest BCUT2D eigenvalue weighted by molar-refractivity contribution is 5.88. The van der Waals surface area contributed by atoms with Gasteiger partial charge in [0.1, 0.15) is 5.75 Å². The van der Waals surface area contributed by atoms with E-state index in [0.717, 1.165) is 27.8 Å². The van der Waals surface area contributed by atoms with Crippen molar-refractivity contribution in [3.8, 4) is 28.0 Å². The summed E-state index contributed by atoms with van der Waals surface area (Å²) in [5.74, 6) is 0.365. The summed E-state index contributed by atoms with van der Waals surface area (Å²) in [5, 5.41) is 10.7. The van der Waals surface area contributed by atoms with Crippen LogP contribution in [0.3, 0.4) is 0 Å². The number of rotatable bonds is 2. The second-order valence-corrected chi connectivity index (χ2v) is 5.89. The maximum Gasteiger partial charge on any atom is 0.126 e. The Morgan fingerprint density at radius 2 is 1.27 bits per heavy atom. The normalized spacial score (nSPS) is 10.7. The Bertz CT molecular complexity index is 831. The second kappa shape index (κ2) is 5.69. The molecular weight excluding hydrogens is 268 g/mol. The predicted molar refractivity (Wildman–Crippen MR) is 93.2 cm³/mol. The molecule has 1 N–H and O–H groups in total. The first-order chi connectivity index (χ1) is 10.6. The van der Waals surface area contributed by atoms with E-state index in [0.29, 0.717) is 5.75 Å². The van der Waals surface area contributed by atoms with E-state index in [1.165, 1.54) is 11.1 Å². The lowest BCUT2D eigenvalue weighted by Gasteiger charge is -2.15. The van der Waals surface area contributed by atoms with E-state index in [1.807, 2.05) is 19.1 Å². The fourth-order valence-electron chi connectivity index (χ4n) is 2.84. The molecular formula is C21H20O. The molecule has 0 spiro atoms. The van der Waals surface area contributed by atoms with Crippen molar-refractivity contribution in [3.63, 3.8) is 0 Å². The van der Waals surface area contributed by atoms with E-state index < -0.39 is 0 Å². The molecule has 0 amide bonds. The SMILES string of the molecule is Cc1cccc(-c2ccc(C)c(O)c2-c2cccc(C)c2)c1. The number of phenolic OH excluding ortho intramolecular Hbond substituents is 1. The third-order valence-electron chi connectivity index (χ3n) is 4.02. The minimum Gasteiger partial charge on any atom is -0.507 e. The van der Waals surface area contributed by atoms with Crippen LogP contribution in [0.2, 0.25) is 0 Å². The van der Waals surface area contributed by atoms with Gasteiger partial charge >= 0.3 is 0 Å². The average molecular weight is 288 g/mol. The van der Waals surface area contributed by atoms with Crippen LogP contribution < -0.4 is 0 Å². The van der Waals surface area contributed by atoms with E-state index in [9.17, 15) is 5.11 Å². The molecule has 3 rings (SSSR count). The topological polar surface area (TPSA) is 20.2 Å². The number of benzene rings is 3. The smallest absolute Gasteiger partial charge is 0.126 e. The molecule has 0 unspecified atom stereocenters. The van der Waals surface area contributed by atoms with Gasteiger partial charge in [0.2, 0.25) is 0 Å². The Kier molecular flexibility index (Phi) is 3.72. The quantitative estimate of drug-likeness (QED) is 0.646. The van der Waals surface area contributed by atoms with Crippen molar-refractivity contribution in [1.29, 1.82) is 0 Å². The first kappa shape index (κ1) is 14.4. The monoisotopic (exact) mass is 288 g/mol. The van der Waals surface area contributed by atoms with E-state index in [-0.39, 0.29) is 0 Å². The number of hydrogen-bond acceptors (Lipinski definition) is 1. The summed E-state index contributed by atoms with van der Waals surface area (Å²) >= 11 is 0. The van der Waals surface area contributed by atoms with Crippen molar-refractivity contribution in [2.45, 2.75) is 20.8 Å². The standard InChI is InChI=1S/C21H20O/c1-14-6-4-8-17(12-14)19-11-10-16(3)21(22)20(19)18-9-5-7-15(2)13-18/h4-13,22H,1-3H3. The van der Waals surface area contributed by atoms with Gasteiger partial charge in [-0.1, -0.05) is 71.8 Å². The third kappa shape index (κ3) is 2.62. The van der Waals surface area contributed by atoms with E-state index >= 15 is 0 Å². The van der Waals surface area contributed by atoms with E-state index in [4.69, 9.17) is 0 Å². The maximum absolute atomic E-state index is 10.7. The van der Waals surface area contributed by atoms with Crippen LogP contribution in [0.1, 0.15) is 16.7 Å². The van der Waals surface area contributed by atoms with Gasteiger partial charge < -0.3 is 5.11 Å². The molecule has 1 heteroatoms. The summed E-state index contributed by atoms with van der Waals surface area (Å²) in [5.41, 5.74) is 7.46. The van der Waals surface area contributed by atoms with Crippen LogP contribution >= 0.6 is 0 Å². The molecule has 0 bridgehead atoms. The molecule has 0 aromatic heterocycles. The summed E-state index contributed by atoms with van der Waals surface area (Å²) in [6.45, 7) is 6.10. The Labute approximate surface area is 131 Å². The van der Waals surface area contributed by atoms with Crippen molar-refractivity contribution in [2.75, 3.05) is 0 Å². The molecule has 0 aliphatic carbocycles. The van der Waals surface area contributed by atoms with Gasteiger partial charge in [-0.3, -0.25) is 0 Å². The Balaban J connectivity index is 2.30. The van der Waals surface area contributed by atoms with Gasteiger partial charge in [0, 0.05) is 5.56 Å². The minimum atomic E-state index is 0.365. The van der Waals surface area contributed by atoms with Crippen molar-refractivity contribution >= 4 is 0 Å². The van der Waals surface area contributed by atoms with Crippen molar-refractivity contribution in [3.05, 3.63) is 77.4 Å². The minimum absolute atomic E-state index is 0.365. The summed E-state index contributed by atoms with van der Waals surface area (Å²) < 4.78 is 0. The fourth-order valence-corrected chi connectivity index (χ4v) is 2.84. The average Bonchev–Trinajstić information content (AvgIpc) is 2.50. The van der Waals surface area contributed by atoms with Crippen LogP contribution in [0.5, 0.6) is 5.75 Å². The lowest BCUT2D eigenvalue weighted by Crippen LogP contribution is -1.90. The zero-order chi connectivity index (χ0) is 15.7. The number of aromatic hydroxyl groups is 1. The maximum atomic E-state index is 10.7. The highest BCUT2D eigenvalue weighted by atomic mass is 16.3. The van der Waals surface area contributed by atoms with Gasteiger partial charge in [-0.2, -0.15) is 0 Å².